The number of halogens is 1. The first-order chi connectivity index (χ1) is 12.4. The van der Waals surface area contributed by atoms with E-state index in [9.17, 15) is 4.39 Å². The number of ether oxygens (including phenoxy) is 1. The Labute approximate surface area is 159 Å². The van der Waals surface area contributed by atoms with Gasteiger partial charge in [0.25, 0.3) is 0 Å². The predicted molar refractivity (Wildman–Crippen MR) is 109 cm³/mol. The SMILES string of the molecule is C=C(NC(C(CCC)CCCC)C1(C)CC1)c1ccc(C)c(F)c1OC. The molecule has 1 aliphatic carbocycles. The van der Waals surface area contributed by atoms with Gasteiger partial charge in [-0.2, -0.15) is 0 Å². The summed E-state index contributed by atoms with van der Waals surface area (Å²) in [5.74, 6) is 0.631. The van der Waals surface area contributed by atoms with Crippen LogP contribution in [0.3, 0.4) is 0 Å². The zero-order chi connectivity index (χ0) is 19.3. The number of hydrogen-bond acceptors (Lipinski definition) is 2. The molecule has 2 unspecified atom stereocenters. The van der Waals surface area contributed by atoms with E-state index in [1.54, 1.807) is 13.0 Å². The summed E-state index contributed by atoms with van der Waals surface area (Å²) in [4.78, 5) is 0. The summed E-state index contributed by atoms with van der Waals surface area (Å²) < 4.78 is 19.8. The summed E-state index contributed by atoms with van der Waals surface area (Å²) in [7, 11) is 1.52. The molecule has 0 saturated heterocycles. The Morgan fingerprint density at radius 1 is 1.27 bits per heavy atom. The fraction of sp³-hybridized carbons (Fsp3) is 0.652. The predicted octanol–water partition coefficient (Wildman–Crippen LogP) is 6.48. The maximum absolute atomic E-state index is 14.5. The fourth-order valence-electron chi connectivity index (χ4n) is 4.04. The summed E-state index contributed by atoms with van der Waals surface area (Å²) in [5, 5.41) is 3.71. The van der Waals surface area contributed by atoms with Crippen LogP contribution in [0.4, 0.5) is 4.39 Å². The summed E-state index contributed by atoms with van der Waals surface area (Å²) >= 11 is 0. The Balaban J connectivity index is 2.26. The lowest BCUT2D eigenvalue weighted by atomic mass is 9.80. The Bertz CT molecular complexity index is 621. The number of methoxy groups -OCH3 is 1. The van der Waals surface area contributed by atoms with Gasteiger partial charge in [-0.25, -0.2) is 4.39 Å². The third-order valence-electron chi connectivity index (χ3n) is 6.00. The van der Waals surface area contributed by atoms with E-state index in [4.69, 9.17) is 4.74 Å². The lowest BCUT2D eigenvalue weighted by Crippen LogP contribution is -2.41. The maximum Gasteiger partial charge on any atom is 0.168 e. The van der Waals surface area contributed by atoms with Gasteiger partial charge in [-0.3, -0.25) is 0 Å². The first kappa shape index (κ1) is 20.8. The molecule has 1 fully saturated rings. The molecular weight excluding hydrogens is 325 g/mol. The van der Waals surface area contributed by atoms with E-state index in [1.165, 1.54) is 52.1 Å². The minimum Gasteiger partial charge on any atom is -0.493 e. The van der Waals surface area contributed by atoms with Crippen LogP contribution in [0.1, 0.15) is 76.8 Å². The van der Waals surface area contributed by atoms with Gasteiger partial charge in [0.15, 0.2) is 11.6 Å². The molecule has 2 rings (SSSR count). The van der Waals surface area contributed by atoms with Crippen LogP contribution < -0.4 is 10.1 Å². The van der Waals surface area contributed by atoms with Crippen molar-refractivity contribution in [3.8, 4) is 5.75 Å². The van der Waals surface area contributed by atoms with E-state index in [1.807, 2.05) is 6.07 Å². The Kier molecular flexibility index (Phi) is 7.14. The van der Waals surface area contributed by atoms with Gasteiger partial charge in [0.2, 0.25) is 0 Å². The number of nitrogens with one attached hydrogen (secondary N) is 1. The minimum atomic E-state index is -0.293. The fourth-order valence-corrected chi connectivity index (χ4v) is 4.04. The zero-order valence-corrected chi connectivity index (χ0v) is 17.3. The smallest absolute Gasteiger partial charge is 0.168 e. The van der Waals surface area contributed by atoms with Crippen molar-refractivity contribution < 1.29 is 9.13 Å². The van der Waals surface area contributed by atoms with Crippen LogP contribution in [0.2, 0.25) is 0 Å². The molecule has 0 aliphatic heterocycles. The lowest BCUT2D eigenvalue weighted by molar-refractivity contribution is 0.246. The molecular formula is C23H36FNO. The first-order valence-electron chi connectivity index (χ1n) is 10.2. The summed E-state index contributed by atoms with van der Waals surface area (Å²) in [6.45, 7) is 12.9. The topological polar surface area (TPSA) is 21.3 Å². The zero-order valence-electron chi connectivity index (χ0n) is 17.3. The van der Waals surface area contributed by atoms with Crippen LogP contribution in [0.15, 0.2) is 18.7 Å². The second kappa shape index (κ2) is 8.92. The molecule has 0 spiro atoms. The molecule has 1 aromatic carbocycles. The second-order valence-corrected chi connectivity index (χ2v) is 8.22. The van der Waals surface area contributed by atoms with Gasteiger partial charge in [0.1, 0.15) is 0 Å². The molecule has 0 bridgehead atoms. The Hall–Kier alpha value is -1.51. The van der Waals surface area contributed by atoms with E-state index in [2.05, 4.69) is 32.7 Å². The molecule has 26 heavy (non-hydrogen) atoms. The molecule has 1 aliphatic rings. The van der Waals surface area contributed by atoms with Crippen molar-refractivity contribution in [3.63, 3.8) is 0 Å². The molecule has 0 radical (unpaired) electrons. The van der Waals surface area contributed by atoms with E-state index in [0.717, 1.165) is 11.3 Å². The van der Waals surface area contributed by atoms with Gasteiger partial charge in [0, 0.05) is 17.3 Å². The number of aryl methyl sites for hydroxylation is 1. The van der Waals surface area contributed by atoms with Gasteiger partial charge in [-0.15, -0.1) is 0 Å². The van der Waals surface area contributed by atoms with Crippen LogP contribution in [-0.4, -0.2) is 13.2 Å². The van der Waals surface area contributed by atoms with Crippen LogP contribution in [-0.2, 0) is 0 Å². The van der Waals surface area contributed by atoms with Crippen LogP contribution in [0.5, 0.6) is 5.75 Å². The first-order valence-corrected chi connectivity index (χ1v) is 10.2. The number of unbranched alkanes of at least 4 members (excludes halogenated alkanes) is 1. The third kappa shape index (κ3) is 4.61. The quantitative estimate of drug-likeness (QED) is 0.487. The average molecular weight is 362 g/mol. The van der Waals surface area contributed by atoms with Crippen LogP contribution in [0, 0.1) is 24.1 Å². The Morgan fingerprint density at radius 2 is 1.96 bits per heavy atom. The summed E-state index contributed by atoms with van der Waals surface area (Å²) in [5.41, 5.74) is 2.43. The summed E-state index contributed by atoms with van der Waals surface area (Å²) in [6, 6.07) is 4.10. The van der Waals surface area contributed by atoms with E-state index < -0.39 is 0 Å². The van der Waals surface area contributed by atoms with Gasteiger partial charge in [0.05, 0.1) is 7.11 Å². The van der Waals surface area contributed by atoms with Gasteiger partial charge < -0.3 is 10.1 Å². The van der Waals surface area contributed by atoms with Crippen molar-refractivity contribution in [1.29, 1.82) is 0 Å². The molecule has 2 nitrogen and oxygen atoms in total. The normalized spacial score (nSPS) is 17.5. The second-order valence-electron chi connectivity index (χ2n) is 8.22. The van der Waals surface area contributed by atoms with Crippen molar-refractivity contribution in [2.24, 2.45) is 11.3 Å². The van der Waals surface area contributed by atoms with Crippen molar-refractivity contribution >= 4 is 5.70 Å². The lowest BCUT2D eigenvalue weighted by Gasteiger charge is -2.35. The molecule has 0 amide bonds. The van der Waals surface area contributed by atoms with Crippen LogP contribution in [0.25, 0.3) is 5.70 Å². The monoisotopic (exact) mass is 361 g/mol. The van der Waals surface area contributed by atoms with Gasteiger partial charge >= 0.3 is 0 Å². The average Bonchev–Trinajstić information content (AvgIpc) is 3.37. The molecule has 146 valence electrons. The summed E-state index contributed by atoms with van der Waals surface area (Å²) in [6.07, 6.45) is 8.64. The van der Waals surface area contributed by atoms with E-state index in [0.29, 0.717) is 28.7 Å². The van der Waals surface area contributed by atoms with Gasteiger partial charge in [-0.05, 0) is 55.6 Å². The highest BCUT2D eigenvalue weighted by Crippen LogP contribution is 2.52. The molecule has 1 saturated carbocycles. The largest absolute Gasteiger partial charge is 0.493 e. The number of hydrogen-bond donors (Lipinski definition) is 1. The highest BCUT2D eigenvalue weighted by atomic mass is 19.1. The number of rotatable bonds is 11. The molecule has 0 heterocycles. The van der Waals surface area contributed by atoms with E-state index >= 15 is 0 Å². The molecule has 1 N–H and O–H groups in total. The van der Waals surface area contributed by atoms with Crippen molar-refractivity contribution in [2.45, 2.75) is 78.7 Å². The molecule has 1 aromatic rings. The minimum absolute atomic E-state index is 0.293. The van der Waals surface area contributed by atoms with Crippen molar-refractivity contribution in [2.75, 3.05) is 7.11 Å². The van der Waals surface area contributed by atoms with Gasteiger partial charge in [-0.1, -0.05) is 52.7 Å². The highest BCUT2D eigenvalue weighted by molar-refractivity contribution is 5.68. The standard InChI is InChI=1S/C23H36FNO/c1-7-9-11-18(10-8-2)22(23(5)14-15-23)25-17(4)19-13-12-16(3)20(24)21(19)26-6/h12-13,18,22,25H,4,7-11,14-15H2,1-3,5-6H3. The van der Waals surface area contributed by atoms with Crippen LogP contribution >= 0.6 is 0 Å². The molecule has 0 aromatic heterocycles. The number of benzene rings is 1. The molecule has 3 heteroatoms. The molecule has 2 atom stereocenters. The highest BCUT2D eigenvalue weighted by Gasteiger charge is 2.47. The van der Waals surface area contributed by atoms with Crippen molar-refractivity contribution in [3.05, 3.63) is 35.7 Å². The van der Waals surface area contributed by atoms with Crippen molar-refractivity contribution in [1.82, 2.24) is 5.32 Å². The third-order valence-corrected chi connectivity index (χ3v) is 6.00. The Morgan fingerprint density at radius 3 is 2.50 bits per heavy atom. The van der Waals surface area contributed by atoms with E-state index in [-0.39, 0.29) is 5.82 Å². The maximum atomic E-state index is 14.5.